The molecule has 3 aliphatic heterocycles. The lowest BCUT2D eigenvalue weighted by Crippen LogP contribution is -2.54. The highest BCUT2D eigenvalue weighted by Crippen LogP contribution is 2.36. The number of hydrogen-bond donors (Lipinski definition) is 3. The number of aryl methyl sites for hydroxylation is 3. The van der Waals surface area contributed by atoms with E-state index in [1.807, 2.05) is 19.2 Å². The number of unbranched alkanes of at least 4 members (excludes halogenated alkanes) is 2. The van der Waals surface area contributed by atoms with Crippen LogP contribution in [0.3, 0.4) is 0 Å². The number of amides is 6. The van der Waals surface area contributed by atoms with E-state index in [1.165, 1.54) is 30.5 Å². The summed E-state index contributed by atoms with van der Waals surface area (Å²) in [5.74, 6) is -3.12. The van der Waals surface area contributed by atoms with E-state index in [1.54, 1.807) is 23.0 Å². The first-order valence-electron chi connectivity index (χ1n) is 22.2. The number of aromatic nitrogens is 5. The van der Waals surface area contributed by atoms with Crippen molar-refractivity contribution in [3.8, 4) is 17.0 Å². The number of fused-ring (bicyclic) bond motifs is 1. The van der Waals surface area contributed by atoms with Crippen molar-refractivity contribution in [2.45, 2.75) is 77.1 Å². The molecule has 8 rings (SSSR count). The molecule has 2 saturated heterocycles. The number of alkyl halides is 3. The summed E-state index contributed by atoms with van der Waals surface area (Å²) in [6.07, 6.45) is 3.81. The van der Waals surface area contributed by atoms with Crippen molar-refractivity contribution in [3.63, 3.8) is 0 Å². The molecule has 0 radical (unpaired) electrons. The molecule has 0 aliphatic carbocycles. The lowest BCUT2D eigenvalue weighted by atomic mass is 10.0. The zero-order valence-corrected chi connectivity index (χ0v) is 36.9. The molecule has 18 nitrogen and oxygen atoms in total. The van der Waals surface area contributed by atoms with E-state index in [9.17, 15) is 41.9 Å². The van der Waals surface area contributed by atoms with Gasteiger partial charge in [-0.15, -0.1) is 5.10 Å². The molecular weight excluding hydrogens is 890 g/mol. The fourth-order valence-corrected chi connectivity index (χ4v) is 8.22. The van der Waals surface area contributed by atoms with Crippen molar-refractivity contribution >= 4 is 52.5 Å². The zero-order valence-electron chi connectivity index (χ0n) is 36.9. The highest BCUT2D eigenvalue weighted by atomic mass is 19.4. The summed E-state index contributed by atoms with van der Waals surface area (Å²) in [5.41, 5.74) is 3.09. The second-order valence-corrected chi connectivity index (χ2v) is 16.5. The van der Waals surface area contributed by atoms with Crippen molar-refractivity contribution in [2.75, 3.05) is 48.4 Å². The summed E-state index contributed by atoms with van der Waals surface area (Å²) in [4.78, 5) is 88.5. The Balaban J connectivity index is 0.801. The molecule has 3 aromatic heterocycles. The van der Waals surface area contributed by atoms with Crippen LogP contribution in [-0.4, -0.2) is 104 Å². The summed E-state index contributed by atoms with van der Waals surface area (Å²) in [5, 5.41) is 16.1. The number of hydrogen-bond acceptors (Lipinski definition) is 13. The molecule has 0 saturated carbocycles. The lowest BCUT2D eigenvalue weighted by Gasteiger charge is -2.30. The monoisotopic (exact) mass is 936 g/mol. The fraction of sp³-hybridized carbons (Fsp3) is 0.362. The van der Waals surface area contributed by atoms with Crippen LogP contribution in [0, 0.1) is 6.92 Å². The quantitative estimate of drug-likeness (QED) is 0.0747. The molecule has 2 fully saturated rings. The second-order valence-electron chi connectivity index (χ2n) is 16.5. The predicted octanol–water partition coefficient (Wildman–Crippen LogP) is 5.76. The largest absolute Gasteiger partial charge is 0.476 e. The molecule has 3 aliphatic rings. The predicted molar refractivity (Wildman–Crippen MR) is 239 cm³/mol. The van der Waals surface area contributed by atoms with Gasteiger partial charge in [-0.2, -0.15) is 13.2 Å². The van der Waals surface area contributed by atoms with Crippen molar-refractivity contribution in [2.24, 2.45) is 0 Å². The van der Waals surface area contributed by atoms with E-state index in [0.717, 1.165) is 34.8 Å². The van der Waals surface area contributed by atoms with Crippen LogP contribution in [0.5, 0.6) is 5.88 Å². The molecule has 3 N–H and O–H groups in total. The molecule has 1 atom stereocenters. The highest BCUT2D eigenvalue weighted by molar-refractivity contribution is 6.26. The fourth-order valence-electron chi connectivity index (χ4n) is 8.22. The molecule has 68 heavy (non-hydrogen) atoms. The number of ether oxygens (including phenoxy) is 2. The molecular formula is C47H47F3N10O8. The van der Waals surface area contributed by atoms with Gasteiger partial charge in [-0.05, 0) is 81.5 Å². The van der Waals surface area contributed by atoms with Crippen molar-refractivity contribution in [3.05, 3.63) is 107 Å². The maximum Gasteiger partial charge on any atom is 0.416 e. The van der Waals surface area contributed by atoms with Gasteiger partial charge in [0, 0.05) is 67.3 Å². The van der Waals surface area contributed by atoms with Crippen LogP contribution in [-0.2, 0) is 38.3 Å². The Bertz CT molecular complexity index is 2760. The van der Waals surface area contributed by atoms with Gasteiger partial charge < -0.3 is 25.0 Å². The summed E-state index contributed by atoms with van der Waals surface area (Å²) < 4.78 is 53.4. The number of carbonyl (C=O) groups excluding carboxylic acids is 6. The maximum atomic E-state index is 13.3. The smallest absolute Gasteiger partial charge is 0.416 e. The number of imide groups is 2. The maximum absolute atomic E-state index is 13.3. The van der Waals surface area contributed by atoms with E-state index in [0.29, 0.717) is 93.5 Å². The Kier molecular flexibility index (Phi) is 14.2. The number of nitrogens with zero attached hydrogens (tertiary/aromatic N) is 7. The minimum absolute atomic E-state index is 0.00394. The molecule has 354 valence electrons. The van der Waals surface area contributed by atoms with Crippen LogP contribution < -0.4 is 25.6 Å². The number of pyridine rings is 2. The third-order valence-corrected chi connectivity index (χ3v) is 11.7. The average molecular weight is 937 g/mol. The third-order valence-electron chi connectivity index (χ3n) is 11.7. The number of nitrogens with one attached hydrogen (secondary N) is 3. The first-order valence-corrected chi connectivity index (χ1v) is 22.2. The van der Waals surface area contributed by atoms with Crippen molar-refractivity contribution in [1.29, 1.82) is 0 Å². The molecule has 0 bridgehead atoms. The van der Waals surface area contributed by atoms with Gasteiger partial charge in [0.25, 0.3) is 17.7 Å². The van der Waals surface area contributed by atoms with Gasteiger partial charge in [-0.3, -0.25) is 48.6 Å². The van der Waals surface area contributed by atoms with E-state index in [4.69, 9.17) is 9.47 Å². The minimum Gasteiger partial charge on any atom is -0.476 e. The summed E-state index contributed by atoms with van der Waals surface area (Å²) in [6.45, 7) is 4.99. The van der Waals surface area contributed by atoms with Crippen LogP contribution in [0.15, 0.2) is 73.2 Å². The van der Waals surface area contributed by atoms with E-state index in [2.05, 4.69) is 41.1 Å². The van der Waals surface area contributed by atoms with Crippen LogP contribution >= 0.6 is 0 Å². The Labute approximate surface area is 387 Å². The molecule has 6 amide bonds. The molecule has 1 unspecified atom stereocenters. The SMILES string of the molecule is Cc1ncc(NC(=O)c2cccc(C(F)(F)F)c2)cc1-c1cnc(OCCCc2cn(CCCCCC(=O)Nc3cccc4c3C(=O)N(C3CCC(=O)NC3=O)C4=O)nn2)c(N2CCOCC2)c1. The van der Waals surface area contributed by atoms with Crippen LogP contribution in [0.4, 0.5) is 30.2 Å². The molecule has 0 spiro atoms. The van der Waals surface area contributed by atoms with Crippen molar-refractivity contribution in [1.82, 2.24) is 35.2 Å². The van der Waals surface area contributed by atoms with Gasteiger partial charge >= 0.3 is 6.18 Å². The van der Waals surface area contributed by atoms with Crippen molar-refractivity contribution < 1.29 is 51.4 Å². The Morgan fingerprint density at radius 3 is 2.51 bits per heavy atom. The number of piperidine rings is 1. The normalized spacial score (nSPS) is 16.1. The summed E-state index contributed by atoms with van der Waals surface area (Å²) in [7, 11) is 0. The average Bonchev–Trinajstić information content (AvgIpc) is 3.89. The summed E-state index contributed by atoms with van der Waals surface area (Å²) >= 11 is 0. The lowest BCUT2D eigenvalue weighted by molar-refractivity contribution is -0.138. The van der Waals surface area contributed by atoms with Gasteiger partial charge in [0.05, 0.1) is 59.8 Å². The Hall–Kier alpha value is -7.55. The number of anilines is 3. The van der Waals surface area contributed by atoms with Crippen LogP contribution in [0.25, 0.3) is 11.1 Å². The van der Waals surface area contributed by atoms with Gasteiger partial charge in [0.15, 0.2) is 0 Å². The minimum atomic E-state index is -4.59. The highest BCUT2D eigenvalue weighted by Gasteiger charge is 2.45. The number of halogens is 3. The number of benzene rings is 2. The van der Waals surface area contributed by atoms with E-state index in [-0.39, 0.29) is 47.5 Å². The molecule has 21 heteroatoms. The first-order chi connectivity index (χ1) is 32.7. The van der Waals surface area contributed by atoms with Gasteiger partial charge in [-0.25, -0.2) is 4.98 Å². The van der Waals surface area contributed by atoms with Gasteiger partial charge in [0.2, 0.25) is 23.6 Å². The van der Waals surface area contributed by atoms with Gasteiger partial charge in [-0.1, -0.05) is 23.8 Å². The number of morpholine rings is 1. The van der Waals surface area contributed by atoms with Crippen LogP contribution in [0.2, 0.25) is 0 Å². The topological polar surface area (TPSA) is 220 Å². The van der Waals surface area contributed by atoms with Crippen LogP contribution in [0.1, 0.15) is 93.0 Å². The molecule has 5 aromatic rings. The molecule has 6 heterocycles. The summed E-state index contributed by atoms with van der Waals surface area (Å²) in [6, 6.07) is 11.3. The Morgan fingerprint density at radius 1 is 0.912 bits per heavy atom. The standard InChI is InChI=1S/C47H47F3N10O8/c1-28-35(24-33(26-51-28)53-42(63)29-8-5-9-31(22-29)47(48,49)50)30-23-38(58-17-20-67-21-18-58)44(52-25-30)68-19-7-10-32-27-59(57-56-32)16-4-2-3-13-39(61)54-36-12-6-11-34-41(36)46(66)60(45(34)65)37-14-15-40(62)55-43(37)64/h5-6,8-9,11-12,22-27,37H,2-4,7,10,13-21H2,1H3,(H,53,63)(H,54,61)(H,55,62,64). The van der Waals surface area contributed by atoms with E-state index < -0.39 is 47.3 Å². The number of rotatable bonds is 17. The first kappa shape index (κ1) is 47.0. The molecule has 2 aromatic carbocycles. The van der Waals surface area contributed by atoms with E-state index >= 15 is 0 Å². The second kappa shape index (κ2) is 20.5. The zero-order chi connectivity index (χ0) is 48.0. The third kappa shape index (κ3) is 10.8. The van der Waals surface area contributed by atoms with Gasteiger partial charge in [0.1, 0.15) is 11.7 Å². The number of carbonyl (C=O) groups is 6. The Morgan fingerprint density at radius 2 is 1.72 bits per heavy atom.